The molecule has 0 heterocycles. The number of ether oxygens (including phenoxy) is 5. The number of hydrogen-bond donors (Lipinski definition) is 6. The van der Waals surface area contributed by atoms with Crippen LogP contribution in [0.3, 0.4) is 0 Å². The number of amides is 6. The number of rotatable bonds is 30. The molecular weight excluding hydrogens is 887 g/mol. The second-order valence-corrected chi connectivity index (χ2v) is 21.3. The minimum absolute atomic E-state index is 0.329. The van der Waals surface area contributed by atoms with Crippen molar-refractivity contribution in [3.63, 3.8) is 0 Å². The van der Waals surface area contributed by atoms with Crippen molar-refractivity contribution in [2.75, 3.05) is 52.4 Å². The van der Waals surface area contributed by atoms with Crippen LogP contribution >= 0.6 is 0 Å². The summed E-state index contributed by atoms with van der Waals surface area (Å²) >= 11 is 0. The lowest BCUT2D eigenvalue weighted by Crippen LogP contribution is -2.49. The highest BCUT2D eigenvalue weighted by atomic mass is 16.6. The molecule has 1 rings (SSSR count). The van der Waals surface area contributed by atoms with Gasteiger partial charge < -0.3 is 55.6 Å². The number of carbonyl (C=O) groups excluding carboxylic acids is 6. The quantitative estimate of drug-likeness (QED) is 0.0317. The van der Waals surface area contributed by atoms with Crippen molar-refractivity contribution in [3.05, 3.63) is 29.8 Å². The molecule has 0 bridgehead atoms. The van der Waals surface area contributed by atoms with E-state index >= 15 is 0 Å². The fourth-order valence-electron chi connectivity index (χ4n) is 6.63. The normalized spacial score (nSPS) is 12.8. The van der Waals surface area contributed by atoms with Gasteiger partial charge in [-0.05, 0) is 178 Å². The lowest BCUT2D eigenvalue weighted by Gasteiger charge is -2.25. The van der Waals surface area contributed by atoms with Gasteiger partial charge in [0.25, 0.3) is 0 Å². The Labute approximate surface area is 413 Å². The summed E-state index contributed by atoms with van der Waals surface area (Å²) < 4.78 is 27.6. The maximum Gasteiger partial charge on any atom is 0.408 e. The lowest BCUT2D eigenvalue weighted by atomic mass is 10.1. The number of benzene rings is 1. The second kappa shape index (κ2) is 32.0. The van der Waals surface area contributed by atoms with Crippen LogP contribution < -0.4 is 36.6 Å². The number of unbranched alkanes of at least 4 members (excludes halogenated alkanes) is 4. The van der Waals surface area contributed by atoms with Crippen LogP contribution in [0.2, 0.25) is 0 Å². The minimum atomic E-state index is -0.852. The summed E-state index contributed by atoms with van der Waals surface area (Å²) in [6.07, 6.45) is 6.18. The number of hydrogen-bond acceptors (Lipinski definition) is 12. The standard InChI is InChI=1S/C51H91N7O11/c1-14-15-16-23-38-26-28-39(29-27-38)65-37-36-58(34-21-32-52-42(59)40(56-46(63)68-50(8,9)10)24-17-19-30-54-44(61)66-48(2,3)4)35-22-33-53-43(60)41(57-47(64)69-51(11,12)13)25-18-20-31-55-45(62)67-49(5,6)7/h26-29,40-41H,14-25,30-37H2,1-13H3,(H,52,59)(H,53,60)(H,54,61)(H,55,62)(H,56,63)(H,57,64)/t40-,41-/m0/s1. The van der Waals surface area contributed by atoms with Gasteiger partial charge in [-0.3, -0.25) is 14.5 Å². The first-order valence-corrected chi connectivity index (χ1v) is 25.1. The van der Waals surface area contributed by atoms with Crippen LogP contribution in [-0.4, -0.2) is 128 Å². The van der Waals surface area contributed by atoms with Crippen LogP contribution in [0, 0.1) is 0 Å². The van der Waals surface area contributed by atoms with Crippen LogP contribution in [0.25, 0.3) is 0 Å². The fraction of sp³-hybridized carbons (Fsp3) is 0.765. The molecule has 2 atom stereocenters. The van der Waals surface area contributed by atoms with Crippen molar-refractivity contribution in [2.45, 2.75) is 202 Å². The Kier molecular flexibility index (Phi) is 28.8. The van der Waals surface area contributed by atoms with Gasteiger partial charge in [-0.25, -0.2) is 19.2 Å². The first-order chi connectivity index (χ1) is 32.1. The molecule has 0 radical (unpaired) electrons. The molecule has 0 saturated heterocycles. The lowest BCUT2D eigenvalue weighted by molar-refractivity contribution is -0.124. The van der Waals surface area contributed by atoms with Gasteiger partial charge in [-0.2, -0.15) is 0 Å². The van der Waals surface area contributed by atoms with Crippen molar-refractivity contribution in [1.29, 1.82) is 0 Å². The molecule has 6 amide bonds. The summed E-state index contributed by atoms with van der Waals surface area (Å²) in [5, 5.41) is 16.8. The Morgan fingerprint density at radius 3 is 1.26 bits per heavy atom. The molecule has 0 aliphatic rings. The van der Waals surface area contributed by atoms with Crippen molar-refractivity contribution >= 4 is 36.2 Å². The van der Waals surface area contributed by atoms with Crippen LogP contribution in [0.15, 0.2) is 24.3 Å². The van der Waals surface area contributed by atoms with Crippen LogP contribution in [0.5, 0.6) is 5.75 Å². The molecule has 0 aliphatic carbocycles. The number of nitrogens with one attached hydrogen (secondary N) is 6. The Morgan fingerprint density at radius 2 is 0.870 bits per heavy atom. The largest absolute Gasteiger partial charge is 0.492 e. The van der Waals surface area contributed by atoms with E-state index in [-0.39, 0.29) is 11.8 Å². The van der Waals surface area contributed by atoms with Crippen LogP contribution in [0.1, 0.15) is 166 Å². The zero-order chi connectivity index (χ0) is 52.1. The molecule has 0 aliphatic heterocycles. The summed E-state index contributed by atoms with van der Waals surface area (Å²) in [6, 6.07) is 6.49. The van der Waals surface area contributed by atoms with Gasteiger partial charge in [0.05, 0.1) is 0 Å². The molecule has 18 nitrogen and oxygen atoms in total. The van der Waals surface area contributed by atoms with Gasteiger partial charge in [0.2, 0.25) is 11.8 Å². The SMILES string of the molecule is CCCCCc1ccc(OCCN(CCCNC(=O)[C@H](CCCCNC(=O)OC(C)(C)C)NC(=O)OC(C)(C)C)CCCNC(=O)[C@H](CCCCNC(=O)OC(C)(C)C)NC(=O)OC(C)(C)C)cc1. The van der Waals surface area contributed by atoms with Crippen molar-refractivity contribution in [1.82, 2.24) is 36.8 Å². The number of carbonyl (C=O) groups is 6. The van der Waals surface area contributed by atoms with Gasteiger partial charge in [0.1, 0.15) is 46.8 Å². The molecule has 0 saturated carbocycles. The predicted octanol–water partition coefficient (Wildman–Crippen LogP) is 8.29. The van der Waals surface area contributed by atoms with Crippen molar-refractivity contribution in [3.8, 4) is 5.75 Å². The Bertz CT molecular complexity index is 1570. The van der Waals surface area contributed by atoms with Gasteiger partial charge >= 0.3 is 24.4 Å². The monoisotopic (exact) mass is 978 g/mol. The van der Waals surface area contributed by atoms with E-state index in [0.717, 1.165) is 18.6 Å². The van der Waals surface area contributed by atoms with Gasteiger partial charge in [-0.1, -0.05) is 31.9 Å². The van der Waals surface area contributed by atoms with E-state index in [2.05, 4.69) is 55.9 Å². The highest BCUT2D eigenvalue weighted by Gasteiger charge is 2.26. The zero-order valence-electron chi connectivity index (χ0n) is 44.5. The third-order valence-corrected chi connectivity index (χ3v) is 9.76. The highest BCUT2D eigenvalue weighted by Crippen LogP contribution is 2.16. The maximum absolute atomic E-state index is 13.5. The van der Waals surface area contributed by atoms with Gasteiger partial charge in [0.15, 0.2) is 0 Å². The van der Waals surface area contributed by atoms with E-state index in [1.165, 1.54) is 18.4 Å². The molecule has 0 unspecified atom stereocenters. The molecule has 1 aromatic rings. The summed E-state index contributed by atoms with van der Waals surface area (Å²) in [6.45, 7) is 27.0. The van der Waals surface area contributed by atoms with E-state index < -0.39 is 58.9 Å². The van der Waals surface area contributed by atoms with Crippen LogP contribution in [-0.2, 0) is 35.0 Å². The second-order valence-electron chi connectivity index (χ2n) is 21.3. The number of nitrogens with zero attached hydrogens (tertiary/aromatic N) is 1. The molecule has 0 aromatic heterocycles. The Morgan fingerprint density at radius 1 is 0.478 bits per heavy atom. The van der Waals surface area contributed by atoms with Crippen molar-refractivity contribution in [2.24, 2.45) is 0 Å². The summed E-state index contributed by atoms with van der Waals surface area (Å²) in [4.78, 5) is 78.8. The van der Waals surface area contributed by atoms with Gasteiger partial charge in [-0.15, -0.1) is 0 Å². The summed E-state index contributed by atoms with van der Waals surface area (Å²) in [5.41, 5.74) is -1.46. The molecule has 6 N–H and O–H groups in total. The average molecular weight is 978 g/mol. The highest BCUT2D eigenvalue weighted by molar-refractivity contribution is 5.86. The Balaban J connectivity index is 2.95. The first-order valence-electron chi connectivity index (χ1n) is 25.1. The summed E-state index contributed by atoms with van der Waals surface area (Å²) in [7, 11) is 0. The van der Waals surface area contributed by atoms with E-state index in [1.54, 1.807) is 83.1 Å². The molecule has 1 aromatic carbocycles. The first kappa shape index (κ1) is 62.0. The number of alkyl carbamates (subject to hydrolysis) is 4. The van der Waals surface area contributed by atoms with E-state index in [4.69, 9.17) is 23.7 Å². The zero-order valence-corrected chi connectivity index (χ0v) is 44.5. The topological polar surface area (TPSA) is 224 Å². The fourth-order valence-corrected chi connectivity index (χ4v) is 6.63. The predicted molar refractivity (Wildman–Crippen MR) is 269 cm³/mol. The molecule has 18 heteroatoms. The molecule has 0 fully saturated rings. The van der Waals surface area contributed by atoms with Crippen molar-refractivity contribution < 1.29 is 52.5 Å². The molecule has 69 heavy (non-hydrogen) atoms. The molecule has 0 spiro atoms. The summed E-state index contributed by atoms with van der Waals surface area (Å²) in [5.74, 6) is 0.0955. The number of aryl methyl sites for hydroxylation is 1. The Hall–Kier alpha value is -5.00. The van der Waals surface area contributed by atoms with E-state index in [1.807, 2.05) is 12.1 Å². The molecule has 396 valence electrons. The average Bonchev–Trinajstić information content (AvgIpc) is 3.20. The smallest absolute Gasteiger partial charge is 0.408 e. The molecular formula is C51H91N7O11. The maximum atomic E-state index is 13.5. The third-order valence-electron chi connectivity index (χ3n) is 9.76. The van der Waals surface area contributed by atoms with E-state index in [9.17, 15) is 28.8 Å². The third kappa shape index (κ3) is 34.9. The van der Waals surface area contributed by atoms with Crippen LogP contribution in [0.4, 0.5) is 19.2 Å². The van der Waals surface area contributed by atoms with E-state index in [0.29, 0.717) is 104 Å². The van der Waals surface area contributed by atoms with Gasteiger partial charge in [0, 0.05) is 32.7 Å². The minimum Gasteiger partial charge on any atom is -0.492 e.